The van der Waals surface area contributed by atoms with Crippen molar-refractivity contribution < 1.29 is 4.79 Å². The van der Waals surface area contributed by atoms with Gasteiger partial charge in [0.1, 0.15) is 5.82 Å². The van der Waals surface area contributed by atoms with Crippen LogP contribution in [0.25, 0.3) is 16.7 Å². The first-order valence-electron chi connectivity index (χ1n) is 12.0. The third-order valence-corrected chi connectivity index (χ3v) is 7.31. The molecule has 1 aliphatic rings. The standard InChI is InChI=1S/C28H28BrClN4O/c29-22-6-3-7-24(17-22)34-26-9-2-1-8-25(26)32-27(34)19-33-16-4-5-21(18-33)28(35)31-15-14-20-10-12-23(30)13-11-20/h1-3,6-13,17,21H,4-5,14-16,18-19H2,(H,31,35)/t21-/m0/s1. The number of para-hydroxylation sites is 2. The maximum absolute atomic E-state index is 12.9. The lowest BCUT2D eigenvalue weighted by molar-refractivity contribution is -0.126. The van der Waals surface area contributed by atoms with Crippen molar-refractivity contribution in [2.75, 3.05) is 19.6 Å². The molecule has 0 bridgehead atoms. The number of hydrogen-bond acceptors (Lipinski definition) is 3. The third kappa shape index (κ3) is 5.77. The lowest BCUT2D eigenvalue weighted by Crippen LogP contribution is -2.43. The molecule has 0 saturated carbocycles. The second-order valence-corrected chi connectivity index (χ2v) is 10.4. The van der Waals surface area contributed by atoms with Crippen molar-refractivity contribution >= 4 is 44.5 Å². The first kappa shape index (κ1) is 24.0. The largest absolute Gasteiger partial charge is 0.355 e. The Morgan fingerprint density at radius 3 is 2.74 bits per heavy atom. The lowest BCUT2D eigenvalue weighted by Gasteiger charge is -2.31. The van der Waals surface area contributed by atoms with Crippen LogP contribution in [0.1, 0.15) is 24.2 Å². The molecular formula is C28H28BrClN4O. The highest BCUT2D eigenvalue weighted by Gasteiger charge is 2.27. The summed E-state index contributed by atoms with van der Waals surface area (Å²) in [5.41, 5.74) is 4.33. The van der Waals surface area contributed by atoms with Crippen LogP contribution in [0.3, 0.4) is 0 Å². The van der Waals surface area contributed by atoms with Crippen molar-refractivity contribution in [2.24, 2.45) is 5.92 Å². The van der Waals surface area contributed by atoms with Crippen LogP contribution in [0.2, 0.25) is 5.02 Å². The first-order chi connectivity index (χ1) is 17.1. The van der Waals surface area contributed by atoms with Crippen LogP contribution in [-0.2, 0) is 17.8 Å². The minimum Gasteiger partial charge on any atom is -0.355 e. The van der Waals surface area contributed by atoms with E-state index in [1.807, 2.05) is 48.5 Å². The minimum absolute atomic E-state index is 0.00216. The predicted octanol–water partition coefficient (Wildman–Crippen LogP) is 6.01. The highest BCUT2D eigenvalue weighted by molar-refractivity contribution is 9.10. The monoisotopic (exact) mass is 550 g/mol. The van der Waals surface area contributed by atoms with Crippen molar-refractivity contribution in [1.82, 2.24) is 19.8 Å². The number of carbonyl (C=O) groups is 1. The van der Waals surface area contributed by atoms with Crippen LogP contribution >= 0.6 is 27.5 Å². The fourth-order valence-electron chi connectivity index (χ4n) is 4.82. The van der Waals surface area contributed by atoms with Gasteiger partial charge in [0, 0.05) is 28.3 Å². The van der Waals surface area contributed by atoms with Gasteiger partial charge in [0.25, 0.3) is 0 Å². The molecule has 3 aromatic carbocycles. The van der Waals surface area contributed by atoms with E-state index < -0.39 is 0 Å². The average molecular weight is 552 g/mol. The number of aromatic nitrogens is 2. The lowest BCUT2D eigenvalue weighted by atomic mass is 9.97. The van der Waals surface area contributed by atoms with Crippen LogP contribution in [-0.4, -0.2) is 40.0 Å². The van der Waals surface area contributed by atoms with Gasteiger partial charge in [0.05, 0.1) is 23.5 Å². The molecule has 2 heterocycles. The normalized spacial score (nSPS) is 16.5. The molecule has 0 spiro atoms. The Morgan fingerprint density at radius 1 is 1.09 bits per heavy atom. The zero-order valence-corrected chi connectivity index (χ0v) is 21.8. The fourth-order valence-corrected chi connectivity index (χ4v) is 5.34. The van der Waals surface area contributed by atoms with Crippen LogP contribution in [0, 0.1) is 5.92 Å². The summed E-state index contributed by atoms with van der Waals surface area (Å²) < 4.78 is 3.27. The molecule has 0 unspecified atom stereocenters. The summed E-state index contributed by atoms with van der Waals surface area (Å²) in [5, 5.41) is 3.87. The van der Waals surface area contributed by atoms with Crippen molar-refractivity contribution in [3.63, 3.8) is 0 Å². The number of amides is 1. The number of benzene rings is 3. The predicted molar refractivity (Wildman–Crippen MR) is 145 cm³/mol. The van der Waals surface area contributed by atoms with E-state index in [-0.39, 0.29) is 11.8 Å². The molecule has 0 aliphatic carbocycles. The van der Waals surface area contributed by atoms with Gasteiger partial charge in [-0.1, -0.05) is 57.9 Å². The smallest absolute Gasteiger partial charge is 0.224 e. The van der Waals surface area contributed by atoms with Gasteiger partial charge < -0.3 is 5.32 Å². The number of carbonyl (C=O) groups excluding carboxylic acids is 1. The molecule has 1 fully saturated rings. The number of nitrogens with one attached hydrogen (secondary N) is 1. The summed E-state index contributed by atoms with van der Waals surface area (Å²) in [6.07, 6.45) is 2.73. The number of fused-ring (bicyclic) bond motifs is 1. The summed E-state index contributed by atoms with van der Waals surface area (Å²) in [4.78, 5) is 20.3. The summed E-state index contributed by atoms with van der Waals surface area (Å²) in [6, 6.07) is 24.3. The highest BCUT2D eigenvalue weighted by atomic mass is 79.9. The molecule has 5 rings (SSSR count). The molecule has 180 valence electrons. The molecule has 7 heteroatoms. The zero-order chi connectivity index (χ0) is 24.2. The van der Waals surface area contributed by atoms with Crippen molar-refractivity contribution in [3.05, 3.63) is 93.7 Å². The van der Waals surface area contributed by atoms with Gasteiger partial charge in [0.2, 0.25) is 5.91 Å². The van der Waals surface area contributed by atoms with Gasteiger partial charge in [-0.05, 0) is 73.8 Å². The van der Waals surface area contributed by atoms with Gasteiger partial charge in [-0.2, -0.15) is 0 Å². The number of hydrogen-bond donors (Lipinski definition) is 1. The minimum atomic E-state index is -0.00216. The summed E-state index contributed by atoms with van der Waals surface area (Å²) in [6.45, 7) is 3.05. The number of nitrogens with zero attached hydrogens (tertiary/aromatic N) is 3. The number of halogens is 2. The summed E-state index contributed by atoms with van der Waals surface area (Å²) >= 11 is 9.56. The Balaban J connectivity index is 1.26. The Bertz CT molecular complexity index is 1320. The van der Waals surface area contributed by atoms with Crippen LogP contribution < -0.4 is 5.32 Å². The number of likely N-dealkylation sites (tertiary alicyclic amines) is 1. The van der Waals surface area contributed by atoms with E-state index in [1.54, 1.807) is 0 Å². The van der Waals surface area contributed by atoms with Gasteiger partial charge in [0.15, 0.2) is 0 Å². The maximum Gasteiger partial charge on any atom is 0.224 e. The van der Waals surface area contributed by atoms with Gasteiger partial charge >= 0.3 is 0 Å². The molecule has 5 nitrogen and oxygen atoms in total. The third-order valence-electron chi connectivity index (χ3n) is 6.56. The molecule has 35 heavy (non-hydrogen) atoms. The molecule has 1 atom stereocenters. The number of piperidine rings is 1. The van der Waals surface area contributed by atoms with E-state index in [0.717, 1.165) is 64.4 Å². The van der Waals surface area contributed by atoms with Crippen molar-refractivity contribution in [3.8, 4) is 5.69 Å². The summed E-state index contributed by atoms with van der Waals surface area (Å²) in [5.74, 6) is 1.13. The zero-order valence-electron chi connectivity index (χ0n) is 19.5. The van der Waals surface area contributed by atoms with Crippen LogP contribution in [0.15, 0.2) is 77.3 Å². The van der Waals surface area contributed by atoms with Gasteiger partial charge in [-0.25, -0.2) is 4.98 Å². The van der Waals surface area contributed by atoms with E-state index in [0.29, 0.717) is 13.1 Å². The Morgan fingerprint density at radius 2 is 1.91 bits per heavy atom. The Labute approximate surface area is 219 Å². The Kier molecular flexibility index (Phi) is 7.51. The van der Waals surface area contributed by atoms with E-state index in [1.165, 1.54) is 5.56 Å². The van der Waals surface area contributed by atoms with Crippen LogP contribution in [0.4, 0.5) is 0 Å². The van der Waals surface area contributed by atoms with E-state index in [4.69, 9.17) is 16.6 Å². The maximum atomic E-state index is 12.9. The van der Waals surface area contributed by atoms with Crippen LogP contribution in [0.5, 0.6) is 0 Å². The average Bonchev–Trinajstić information content (AvgIpc) is 3.23. The van der Waals surface area contributed by atoms with E-state index in [9.17, 15) is 4.79 Å². The molecule has 1 amide bonds. The molecular weight excluding hydrogens is 524 g/mol. The molecule has 4 aromatic rings. The summed E-state index contributed by atoms with van der Waals surface area (Å²) in [7, 11) is 0. The highest BCUT2D eigenvalue weighted by Crippen LogP contribution is 2.26. The van der Waals surface area contributed by atoms with Gasteiger partial charge in [-0.3, -0.25) is 14.3 Å². The number of imidazole rings is 1. The quantitative estimate of drug-likeness (QED) is 0.306. The van der Waals surface area contributed by atoms with E-state index >= 15 is 0 Å². The molecule has 1 aliphatic heterocycles. The number of rotatable bonds is 7. The van der Waals surface area contributed by atoms with Crippen molar-refractivity contribution in [1.29, 1.82) is 0 Å². The first-order valence-corrected chi connectivity index (χ1v) is 13.2. The Hall–Kier alpha value is -2.67. The molecule has 0 radical (unpaired) electrons. The topological polar surface area (TPSA) is 50.2 Å². The SMILES string of the molecule is O=C(NCCc1ccc(Cl)cc1)[C@H]1CCCN(Cc2nc3ccccc3n2-c2cccc(Br)c2)C1. The second-order valence-electron chi connectivity index (χ2n) is 9.07. The van der Waals surface area contributed by atoms with Gasteiger partial charge in [-0.15, -0.1) is 0 Å². The molecule has 1 saturated heterocycles. The van der Waals surface area contributed by atoms with E-state index in [2.05, 4.69) is 55.0 Å². The molecule has 1 aromatic heterocycles. The van der Waals surface area contributed by atoms with Crippen molar-refractivity contribution in [2.45, 2.75) is 25.8 Å². The fraction of sp³-hybridized carbons (Fsp3) is 0.286. The second kappa shape index (κ2) is 10.9. The molecule has 1 N–H and O–H groups in total.